The van der Waals surface area contributed by atoms with Gasteiger partial charge in [0.15, 0.2) is 5.78 Å². The first-order valence-corrected chi connectivity index (χ1v) is 7.67. The molecule has 0 aliphatic carbocycles. The third-order valence-corrected chi connectivity index (χ3v) is 3.90. The molecule has 2 aromatic rings. The van der Waals surface area contributed by atoms with E-state index in [0.29, 0.717) is 24.3 Å². The molecule has 1 aliphatic rings. The highest BCUT2D eigenvalue weighted by Gasteiger charge is 2.18. The normalized spacial score (nSPS) is 16.6. The summed E-state index contributed by atoms with van der Waals surface area (Å²) in [5, 5.41) is 12.1. The average molecular weight is 362 g/mol. The van der Waals surface area contributed by atoms with Crippen LogP contribution in [0.25, 0.3) is 0 Å². The zero-order chi connectivity index (χ0) is 16.9. The number of aromatic nitrogens is 1. The third kappa shape index (κ3) is 4.60. The number of carbonyl (C=O) groups excluding carboxylic acids is 1. The van der Waals surface area contributed by atoms with Crippen LogP contribution < -0.4 is 5.32 Å². The molecule has 0 amide bonds. The van der Waals surface area contributed by atoms with E-state index < -0.39 is 5.82 Å². The number of ether oxygens (including phenoxy) is 1. The molecular formula is C18H17ClFN3O2. The van der Waals surface area contributed by atoms with Crippen molar-refractivity contribution in [1.29, 1.82) is 5.26 Å². The van der Waals surface area contributed by atoms with Crippen molar-refractivity contribution < 1.29 is 13.9 Å². The zero-order valence-corrected chi connectivity index (χ0v) is 14.2. The highest BCUT2D eigenvalue weighted by atomic mass is 35.5. The molecule has 3 rings (SSSR count). The molecular weight excluding hydrogens is 345 g/mol. The number of hydrogen-bond acceptors (Lipinski definition) is 5. The van der Waals surface area contributed by atoms with Crippen LogP contribution in [-0.2, 0) is 11.2 Å². The molecule has 1 aromatic heterocycles. The molecule has 0 spiro atoms. The molecule has 25 heavy (non-hydrogen) atoms. The van der Waals surface area contributed by atoms with Crippen molar-refractivity contribution in [2.24, 2.45) is 0 Å². The number of benzene rings is 1. The van der Waals surface area contributed by atoms with Crippen molar-refractivity contribution >= 4 is 18.2 Å². The quantitative estimate of drug-likeness (QED) is 0.847. The van der Waals surface area contributed by atoms with E-state index in [1.54, 1.807) is 12.1 Å². The van der Waals surface area contributed by atoms with Gasteiger partial charge in [0.1, 0.15) is 11.5 Å². The van der Waals surface area contributed by atoms with Gasteiger partial charge in [0.2, 0.25) is 0 Å². The summed E-state index contributed by atoms with van der Waals surface area (Å²) < 4.78 is 19.9. The number of carbonyl (C=O) groups is 1. The SMILES string of the molecule is Cl.N#Cc1ccnc(C(=O)Cc2ccc([C@H]3CNCCO3)cc2F)c1. The zero-order valence-electron chi connectivity index (χ0n) is 13.4. The maximum absolute atomic E-state index is 14.3. The lowest BCUT2D eigenvalue weighted by Crippen LogP contribution is -2.33. The summed E-state index contributed by atoms with van der Waals surface area (Å²) in [6.45, 7) is 2.02. The largest absolute Gasteiger partial charge is 0.371 e. The highest BCUT2D eigenvalue weighted by Crippen LogP contribution is 2.22. The molecule has 0 bridgehead atoms. The smallest absolute Gasteiger partial charge is 0.185 e. The number of nitrogens with zero attached hydrogens (tertiary/aromatic N) is 2. The van der Waals surface area contributed by atoms with E-state index in [9.17, 15) is 9.18 Å². The van der Waals surface area contributed by atoms with E-state index in [0.717, 1.165) is 12.1 Å². The fraction of sp³-hybridized carbons (Fsp3) is 0.278. The van der Waals surface area contributed by atoms with Crippen LogP contribution in [0.3, 0.4) is 0 Å². The molecule has 1 N–H and O–H groups in total. The van der Waals surface area contributed by atoms with Crippen molar-refractivity contribution in [3.05, 3.63) is 64.7 Å². The maximum Gasteiger partial charge on any atom is 0.185 e. The molecule has 1 atom stereocenters. The number of morpholine rings is 1. The Morgan fingerprint density at radius 2 is 2.24 bits per heavy atom. The number of nitrogens with one attached hydrogen (secondary N) is 1. The second kappa shape index (κ2) is 8.67. The first-order chi connectivity index (χ1) is 11.7. The van der Waals surface area contributed by atoms with Gasteiger partial charge in [-0.3, -0.25) is 9.78 Å². The first-order valence-electron chi connectivity index (χ1n) is 7.67. The van der Waals surface area contributed by atoms with Crippen molar-refractivity contribution in [1.82, 2.24) is 10.3 Å². The van der Waals surface area contributed by atoms with Crippen molar-refractivity contribution in [2.45, 2.75) is 12.5 Å². The monoisotopic (exact) mass is 361 g/mol. The van der Waals surface area contributed by atoms with Crippen LogP contribution in [0.1, 0.15) is 33.3 Å². The summed E-state index contributed by atoms with van der Waals surface area (Å²) in [6.07, 6.45) is 1.13. The van der Waals surface area contributed by atoms with Crippen LogP contribution in [0.15, 0.2) is 36.5 Å². The Morgan fingerprint density at radius 3 is 2.92 bits per heavy atom. The van der Waals surface area contributed by atoms with Gasteiger partial charge in [0, 0.05) is 25.7 Å². The fourth-order valence-electron chi connectivity index (χ4n) is 2.60. The second-order valence-corrected chi connectivity index (χ2v) is 5.56. The van der Waals surface area contributed by atoms with Crippen LogP contribution in [0.5, 0.6) is 0 Å². The summed E-state index contributed by atoms with van der Waals surface area (Å²) in [5.74, 6) is -0.763. The lowest BCUT2D eigenvalue weighted by molar-refractivity contribution is 0.0275. The fourth-order valence-corrected chi connectivity index (χ4v) is 2.60. The van der Waals surface area contributed by atoms with E-state index in [2.05, 4.69) is 10.3 Å². The molecule has 0 unspecified atom stereocenters. The number of pyridine rings is 1. The summed E-state index contributed by atoms with van der Waals surface area (Å²) in [4.78, 5) is 16.2. The number of rotatable bonds is 4. The Hall–Kier alpha value is -2.33. The van der Waals surface area contributed by atoms with Gasteiger partial charge in [0.05, 0.1) is 24.3 Å². The van der Waals surface area contributed by atoms with Crippen molar-refractivity contribution in [2.75, 3.05) is 19.7 Å². The number of halogens is 2. The number of nitriles is 1. The van der Waals surface area contributed by atoms with E-state index >= 15 is 0 Å². The van der Waals surface area contributed by atoms with Crippen LogP contribution in [-0.4, -0.2) is 30.5 Å². The Labute approximate surface area is 151 Å². The van der Waals surface area contributed by atoms with Crippen LogP contribution in [0.2, 0.25) is 0 Å². The van der Waals surface area contributed by atoms with Gasteiger partial charge in [-0.15, -0.1) is 12.4 Å². The minimum absolute atomic E-state index is 0. The van der Waals surface area contributed by atoms with Crippen molar-refractivity contribution in [3.63, 3.8) is 0 Å². The van der Waals surface area contributed by atoms with Gasteiger partial charge in [0.25, 0.3) is 0 Å². The summed E-state index contributed by atoms with van der Waals surface area (Å²) >= 11 is 0. The van der Waals surface area contributed by atoms with Crippen LogP contribution >= 0.6 is 12.4 Å². The van der Waals surface area contributed by atoms with Gasteiger partial charge in [-0.25, -0.2) is 4.39 Å². The Morgan fingerprint density at radius 1 is 1.40 bits per heavy atom. The molecule has 1 fully saturated rings. The predicted octanol–water partition coefficient (Wildman–Crippen LogP) is 2.60. The maximum atomic E-state index is 14.3. The Kier molecular flexibility index (Phi) is 6.59. The molecule has 7 heteroatoms. The summed E-state index contributed by atoms with van der Waals surface area (Å²) in [5.41, 5.74) is 1.57. The summed E-state index contributed by atoms with van der Waals surface area (Å²) in [6, 6.07) is 9.69. The third-order valence-electron chi connectivity index (χ3n) is 3.90. The average Bonchev–Trinajstić information content (AvgIpc) is 2.64. The van der Waals surface area contributed by atoms with E-state index in [1.165, 1.54) is 24.4 Å². The molecule has 1 aliphatic heterocycles. The number of hydrogen-bond donors (Lipinski definition) is 1. The molecule has 2 heterocycles. The molecule has 1 saturated heterocycles. The van der Waals surface area contributed by atoms with Crippen LogP contribution in [0.4, 0.5) is 4.39 Å². The van der Waals surface area contributed by atoms with Gasteiger partial charge >= 0.3 is 0 Å². The number of ketones is 1. The molecule has 5 nitrogen and oxygen atoms in total. The standard InChI is InChI=1S/C18H16FN3O2.ClH/c19-15-8-14(18-11-21-5-6-24-18)2-1-13(15)9-17(23)16-7-12(10-20)3-4-22-16;/h1-4,7-8,18,21H,5-6,9,11H2;1H/t18-;/m1./s1. The van der Waals surface area contributed by atoms with Gasteiger partial charge in [-0.05, 0) is 29.3 Å². The highest BCUT2D eigenvalue weighted by molar-refractivity contribution is 5.96. The Balaban J connectivity index is 0.00000225. The second-order valence-electron chi connectivity index (χ2n) is 5.56. The number of Topliss-reactive ketones (excluding diaryl/α,β-unsaturated/α-hetero) is 1. The van der Waals surface area contributed by atoms with Crippen LogP contribution in [0, 0.1) is 17.1 Å². The van der Waals surface area contributed by atoms with E-state index in [1.807, 2.05) is 6.07 Å². The first kappa shape index (κ1) is 19.0. The molecule has 1 aromatic carbocycles. The van der Waals surface area contributed by atoms with Crippen molar-refractivity contribution in [3.8, 4) is 6.07 Å². The summed E-state index contributed by atoms with van der Waals surface area (Å²) in [7, 11) is 0. The van der Waals surface area contributed by atoms with E-state index in [4.69, 9.17) is 10.00 Å². The molecule has 130 valence electrons. The lowest BCUT2D eigenvalue weighted by atomic mass is 10.0. The van der Waals surface area contributed by atoms with Gasteiger partial charge < -0.3 is 10.1 Å². The predicted molar refractivity (Wildman–Crippen MR) is 92.2 cm³/mol. The topological polar surface area (TPSA) is 75.0 Å². The van der Waals surface area contributed by atoms with Gasteiger partial charge in [-0.1, -0.05) is 12.1 Å². The van der Waals surface area contributed by atoms with E-state index in [-0.39, 0.29) is 36.4 Å². The molecule has 0 saturated carbocycles. The minimum atomic E-state index is -0.438. The molecule has 0 radical (unpaired) electrons. The van der Waals surface area contributed by atoms with Gasteiger partial charge in [-0.2, -0.15) is 5.26 Å². The Bertz CT molecular complexity index is 801. The lowest BCUT2D eigenvalue weighted by Gasteiger charge is -2.24. The minimum Gasteiger partial charge on any atom is -0.371 e.